The molecule has 0 aromatic carbocycles. The molecular weight excluding hydrogens is 328 g/mol. The minimum Gasteiger partial charge on any atom is -0.462 e. The summed E-state index contributed by atoms with van der Waals surface area (Å²) < 4.78 is 5.84. The summed E-state index contributed by atoms with van der Waals surface area (Å²) in [6.07, 6.45) is 8.34. The van der Waals surface area contributed by atoms with Crippen molar-refractivity contribution in [3.63, 3.8) is 0 Å². The Labute approximate surface area is 156 Å². The smallest absolute Gasteiger partial charge is 0.305 e. The number of esters is 1. The molecule has 0 spiro atoms. The Bertz CT molecular complexity index is 653. The molecule has 0 aliphatic heterocycles. The van der Waals surface area contributed by atoms with Gasteiger partial charge >= 0.3 is 5.97 Å². The molecule has 3 fully saturated rings. The third kappa shape index (κ3) is 2.51. The SMILES string of the molecule is CCC(=O)O[C@H]1CC[C@H]2[C@@H]3CCC4=CC(O)C(=O)C[C@]4(C)[C@H]3CC[C@]12C. The second-order valence-corrected chi connectivity index (χ2v) is 9.57. The molecular formula is C22H32O4. The zero-order valence-corrected chi connectivity index (χ0v) is 16.3. The zero-order chi connectivity index (χ0) is 18.7. The number of carbonyl (C=O) groups is 2. The largest absolute Gasteiger partial charge is 0.462 e. The van der Waals surface area contributed by atoms with E-state index in [4.69, 9.17) is 4.74 Å². The minimum atomic E-state index is -0.896. The van der Waals surface area contributed by atoms with Crippen molar-refractivity contribution >= 4 is 11.8 Å². The Morgan fingerprint density at radius 3 is 2.73 bits per heavy atom. The van der Waals surface area contributed by atoms with Crippen molar-refractivity contribution in [2.75, 3.05) is 0 Å². The second-order valence-electron chi connectivity index (χ2n) is 9.57. The predicted octanol–water partition coefficient (Wildman–Crippen LogP) is 3.81. The lowest BCUT2D eigenvalue weighted by molar-refractivity contribution is -0.160. The van der Waals surface area contributed by atoms with E-state index in [1.807, 2.05) is 13.0 Å². The quantitative estimate of drug-likeness (QED) is 0.601. The van der Waals surface area contributed by atoms with Gasteiger partial charge in [-0.05, 0) is 67.8 Å². The molecule has 4 rings (SSSR count). The van der Waals surface area contributed by atoms with Gasteiger partial charge in [-0.2, -0.15) is 0 Å². The van der Waals surface area contributed by atoms with Gasteiger partial charge in [0.25, 0.3) is 0 Å². The maximum atomic E-state index is 12.3. The maximum Gasteiger partial charge on any atom is 0.305 e. The first-order valence-electron chi connectivity index (χ1n) is 10.4. The third-order valence-corrected chi connectivity index (χ3v) is 8.44. The molecule has 4 aliphatic carbocycles. The summed E-state index contributed by atoms with van der Waals surface area (Å²) in [7, 11) is 0. The van der Waals surface area contributed by atoms with Crippen molar-refractivity contribution in [2.45, 2.75) is 84.3 Å². The van der Waals surface area contributed by atoms with Crippen LogP contribution >= 0.6 is 0 Å². The van der Waals surface area contributed by atoms with Crippen molar-refractivity contribution in [1.29, 1.82) is 0 Å². The average Bonchev–Trinajstić information content (AvgIpc) is 2.93. The topological polar surface area (TPSA) is 63.6 Å². The molecule has 0 saturated heterocycles. The molecule has 26 heavy (non-hydrogen) atoms. The van der Waals surface area contributed by atoms with Crippen LogP contribution in [0, 0.1) is 28.6 Å². The Balaban J connectivity index is 1.60. The fourth-order valence-electron chi connectivity index (χ4n) is 6.98. The number of hydrogen-bond donors (Lipinski definition) is 1. The highest BCUT2D eigenvalue weighted by molar-refractivity contribution is 5.87. The lowest BCUT2D eigenvalue weighted by atomic mass is 9.47. The molecule has 3 saturated carbocycles. The Morgan fingerprint density at radius 2 is 2.00 bits per heavy atom. The highest BCUT2D eigenvalue weighted by Crippen LogP contribution is 2.65. The molecule has 144 valence electrons. The minimum absolute atomic E-state index is 0.0218. The lowest BCUT2D eigenvalue weighted by Gasteiger charge is -2.57. The van der Waals surface area contributed by atoms with E-state index in [1.54, 1.807) is 0 Å². The van der Waals surface area contributed by atoms with Crippen LogP contribution in [0.2, 0.25) is 0 Å². The van der Waals surface area contributed by atoms with Crippen LogP contribution < -0.4 is 0 Å². The van der Waals surface area contributed by atoms with E-state index in [9.17, 15) is 14.7 Å². The Hall–Kier alpha value is -1.16. The first-order chi connectivity index (χ1) is 12.3. The summed E-state index contributed by atoms with van der Waals surface area (Å²) in [5, 5.41) is 9.99. The molecule has 1 N–H and O–H groups in total. The van der Waals surface area contributed by atoms with Gasteiger partial charge in [-0.1, -0.05) is 26.3 Å². The number of rotatable bonds is 2. The summed E-state index contributed by atoms with van der Waals surface area (Å²) >= 11 is 0. The van der Waals surface area contributed by atoms with E-state index in [2.05, 4.69) is 13.8 Å². The lowest BCUT2D eigenvalue weighted by Crippen LogP contribution is -2.53. The molecule has 0 aromatic rings. The first kappa shape index (κ1) is 18.2. The van der Waals surface area contributed by atoms with Gasteiger partial charge in [-0.15, -0.1) is 0 Å². The molecule has 1 unspecified atom stereocenters. The van der Waals surface area contributed by atoms with E-state index in [0.717, 1.165) is 38.5 Å². The number of aliphatic hydroxyl groups excluding tert-OH is 1. The number of ketones is 1. The number of aliphatic hydroxyl groups is 1. The maximum absolute atomic E-state index is 12.3. The summed E-state index contributed by atoms with van der Waals surface area (Å²) in [6, 6.07) is 0. The summed E-state index contributed by atoms with van der Waals surface area (Å²) in [5.41, 5.74) is 1.31. The molecule has 0 heterocycles. The van der Waals surface area contributed by atoms with Crippen LogP contribution in [-0.4, -0.2) is 29.1 Å². The van der Waals surface area contributed by atoms with E-state index in [-0.39, 0.29) is 28.7 Å². The van der Waals surface area contributed by atoms with Crippen molar-refractivity contribution < 1.29 is 19.4 Å². The number of allylic oxidation sites excluding steroid dienone is 1. The highest BCUT2D eigenvalue weighted by atomic mass is 16.5. The monoisotopic (exact) mass is 360 g/mol. The van der Waals surface area contributed by atoms with E-state index >= 15 is 0 Å². The number of carbonyl (C=O) groups excluding carboxylic acids is 2. The molecule has 4 nitrogen and oxygen atoms in total. The number of hydrogen-bond acceptors (Lipinski definition) is 4. The summed E-state index contributed by atoms with van der Waals surface area (Å²) in [6.45, 7) is 6.45. The summed E-state index contributed by atoms with van der Waals surface area (Å²) in [5.74, 6) is 1.59. The van der Waals surface area contributed by atoms with Gasteiger partial charge in [0.05, 0.1) is 0 Å². The molecule has 0 bridgehead atoms. The molecule has 0 amide bonds. The standard InChI is InChI=1S/C22H32O4/c1-4-20(25)26-19-8-7-15-14-6-5-13-11-17(23)18(24)12-22(13,3)16(14)9-10-21(15,19)2/h11,14-17,19,23H,4-10,12H2,1-3H3/t14-,15-,16-,17?,19-,21-,22-/m0/s1. The molecule has 4 aliphatic rings. The van der Waals surface area contributed by atoms with E-state index in [0.29, 0.717) is 30.6 Å². The van der Waals surface area contributed by atoms with Crippen LogP contribution in [0.5, 0.6) is 0 Å². The van der Waals surface area contributed by atoms with Crippen molar-refractivity contribution in [2.24, 2.45) is 28.6 Å². The fourth-order valence-corrected chi connectivity index (χ4v) is 6.98. The van der Waals surface area contributed by atoms with Crippen LogP contribution in [0.4, 0.5) is 0 Å². The van der Waals surface area contributed by atoms with E-state index in [1.165, 1.54) is 5.57 Å². The average molecular weight is 360 g/mol. The van der Waals surface area contributed by atoms with Gasteiger partial charge in [-0.3, -0.25) is 9.59 Å². The Kier molecular flexibility index (Phi) is 4.33. The number of ether oxygens (including phenoxy) is 1. The Morgan fingerprint density at radius 1 is 1.23 bits per heavy atom. The third-order valence-electron chi connectivity index (χ3n) is 8.44. The van der Waals surface area contributed by atoms with Gasteiger partial charge in [0, 0.05) is 18.3 Å². The van der Waals surface area contributed by atoms with Crippen LogP contribution in [0.25, 0.3) is 0 Å². The van der Waals surface area contributed by atoms with Crippen molar-refractivity contribution in [3.05, 3.63) is 11.6 Å². The van der Waals surface area contributed by atoms with E-state index < -0.39 is 6.10 Å². The normalized spacial score (nSPS) is 47.5. The van der Waals surface area contributed by atoms with Gasteiger partial charge in [0.1, 0.15) is 12.2 Å². The van der Waals surface area contributed by atoms with Gasteiger partial charge in [-0.25, -0.2) is 0 Å². The highest BCUT2D eigenvalue weighted by Gasteiger charge is 2.60. The van der Waals surface area contributed by atoms with Gasteiger partial charge < -0.3 is 9.84 Å². The first-order valence-corrected chi connectivity index (χ1v) is 10.4. The second kappa shape index (κ2) is 6.19. The summed E-state index contributed by atoms with van der Waals surface area (Å²) in [4.78, 5) is 24.2. The van der Waals surface area contributed by atoms with Crippen molar-refractivity contribution in [1.82, 2.24) is 0 Å². The number of fused-ring (bicyclic) bond motifs is 5. The van der Waals surface area contributed by atoms with Crippen LogP contribution in [0.3, 0.4) is 0 Å². The van der Waals surface area contributed by atoms with Gasteiger partial charge in [0.15, 0.2) is 5.78 Å². The van der Waals surface area contributed by atoms with Crippen LogP contribution in [-0.2, 0) is 14.3 Å². The van der Waals surface area contributed by atoms with Gasteiger partial charge in [0.2, 0.25) is 0 Å². The molecule has 7 atom stereocenters. The fraction of sp³-hybridized carbons (Fsp3) is 0.818. The molecule has 4 heteroatoms. The van der Waals surface area contributed by atoms with Crippen molar-refractivity contribution in [3.8, 4) is 0 Å². The van der Waals surface area contributed by atoms with Crippen LogP contribution in [0.15, 0.2) is 11.6 Å². The molecule has 0 aromatic heterocycles. The zero-order valence-electron chi connectivity index (χ0n) is 16.3. The molecule has 0 radical (unpaired) electrons. The predicted molar refractivity (Wildman–Crippen MR) is 98.3 cm³/mol. The van der Waals surface area contributed by atoms with Crippen LogP contribution in [0.1, 0.15) is 72.1 Å². The number of Topliss-reactive ketones (excluding diaryl/α,β-unsaturated/α-hetero) is 1.